The van der Waals surface area contributed by atoms with Crippen molar-refractivity contribution < 1.29 is 9.90 Å². The van der Waals surface area contributed by atoms with E-state index in [1.165, 1.54) is 5.69 Å². The number of benzene rings is 1. The van der Waals surface area contributed by atoms with Crippen molar-refractivity contribution >= 4 is 11.7 Å². The molecule has 1 aliphatic heterocycles. The van der Waals surface area contributed by atoms with E-state index in [1.54, 1.807) is 0 Å². The first-order valence-electron chi connectivity index (χ1n) is 5.56. The van der Waals surface area contributed by atoms with E-state index in [9.17, 15) is 4.79 Å². The molecule has 1 N–H and O–H groups in total. The molecule has 0 spiro atoms. The summed E-state index contributed by atoms with van der Waals surface area (Å²) in [7, 11) is 0. The summed E-state index contributed by atoms with van der Waals surface area (Å²) >= 11 is 0. The quantitative estimate of drug-likeness (QED) is 0.822. The van der Waals surface area contributed by atoms with Crippen LogP contribution in [-0.2, 0) is 11.2 Å². The number of hydrogen-bond acceptors (Lipinski definition) is 2. The highest BCUT2D eigenvalue weighted by Crippen LogP contribution is 2.37. The van der Waals surface area contributed by atoms with E-state index >= 15 is 0 Å². The van der Waals surface area contributed by atoms with E-state index < -0.39 is 5.97 Å². The molecule has 1 fully saturated rings. The lowest BCUT2D eigenvalue weighted by Crippen LogP contribution is -2.26. The van der Waals surface area contributed by atoms with Crippen LogP contribution < -0.4 is 4.90 Å². The van der Waals surface area contributed by atoms with Gasteiger partial charge < -0.3 is 10.0 Å². The zero-order valence-electron chi connectivity index (χ0n) is 8.89. The van der Waals surface area contributed by atoms with Gasteiger partial charge in [0.25, 0.3) is 0 Å². The van der Waals surface area contributed by atoms with Crippen LogP contribution in [0.25, 0.3) is 0 Å². The maximum Gasteiger partial charge on any atom is 0.333 e. The van der Waals surface area contributed by atoms with Gasteiger partial charge in [-0.3, -0.25) is 0 Å². The summed E-state index contributed by atoms with van der Waals surface area (Å²) in [6.07, 6.45) is 4.67. The molecule has 0 amide bonds. The van der Waals surface area contributed by atoms with Crippen molar-refractivity contribution in [3.8, 4) is 0 Å². The number of aliphatic carboxylic acids is 1. The maximum atomic E-state index is 11.1. The Balaban J connectivity index is 2.04. The third kappa shape index (κ3) is 1.48. The fourth-order valence-corrected chi connectivity index (χ4v) is 2.19. The van der Waals surface area contributed by atoms with E-state index in [-0.39, 0.29) is 0 Å². The van der Waals surface area contributed by atoms with Gasteiger partial charge in [0.05, 0.1) is 5.57 Å². The Labute approximate surface area is 94.0 Å². The van der Waals surface area contributed by atoms with Gasteiger partial charge >= 0.3 is 5.97 Å². The second kappa shape index (κ2) is 3.37. The highest BCUT2D eigenvalue weighted by atomic mass is 16.4. The molecular formula is C13H13NO2. The number of carbonyl (C=O) groups is 1. The minimum atomic E-state index is -0.805. The van der Waals surface area contributed by atoms with E-state index in [0.29, 0.717) is 18.0 Å². The molecule has 16 heavy (non-hydrogen) atoms. The molecule has 0 saturated heterocycles. The summed E-state index contributed by atoms with van der Waals surface area (Å²) in [5.74, 6) is -0.805. The fraction of sp³-hybridized carbons (Fsp3) is 0.308. The van der Waals surface area contributed by atoms with Crippen LogP contribution in [0, 0.1) is 0 Å². The normalized spacial score (nSPS) is 19.0. The second-order valence-corrected chi connectivity index (χ2v) is 4.40. The molecule has 3 rings (SSSR count). The molecule has 1 aliphatic carbocycles. The van der Waals surface area contributed by atoms with E-state index in [1.807, 2.05) is 24.4 Å². The number of anilines is 1. The van der Waals surface area contributed by atoms with Crippen molar-refractivity contribution in [2.45, 2.75) is 25.3 Å². The minimum absolute atomic E-state index is 0.491. The van der Waals surface area contributed by atoms with Crippen LogP contribution in [0.15, 0.2) is 36.0 Å². The molecule has 0 atom stereocenters. The maximum absolute atomic E-state index is 11.1. The summed E-state index contributed by atoms with van der Waals surface area (Å²) in [4.78, 5) is 13.2. The Morgan fingerprint density at radius 1 is 1.31 bits per heavy atom. The Kier molecular flexibility index (Phi) is 1.99. The highest BCUT2D eigenvalue weighted by Gasteiger charge is 2.32. The SMILES string of the molecule is O=C(O)C1=CN(C2CC2)c2ccccc2C1. The highest BCUT2D eigenvalue weighted by molar-refractivity contribution is 5.89. The number of rotatable bonds is 2. The molecule has 82 valence electrons. The predicted molar refractivity (Wildman–Crippen MR) is 61.4 cm³/mol. The number of nitrogens with zero attached hydrogens (tertiary/aromatic N) is 1. The summed E-state index contributed by atoms with van der Waals surface area (Å²) in [5.41, 5.74) is 2.79. The van der Waals surface area contributed by atoms with Crippen molar-refractivity contribution in [1.82, 2.24) is 0 Å². The van der Waals surface area contributed by atoms with Gasteiger partial charge in [-0.1, -0.05) is 18.2 Å². The molecule has 2 aliphatic rings. The zero-order valence-corrected chi connectivity index (χ0v) is 8.89. The van der Waals surface area contributed by atoms with Crippen LogP contribution in [0.5, 0.6) is 0 Å². The summed E-state index contributed by atoms with van der Waals surface area (Å²) in [6, 6.07) is 8.57. The number of carboxylic acid groups (broad SMARTS) is 1. The molecule has 1 aromatic rings. The zero-order chi connectivity index (χ0) is 11.1. The predicted octanol–water partition coefficient (Wildman–Crippen LogP) is 2.18. The molecule has 0 unspecified atom stereocenters. The average Bonchev–Trinajstić information content (AvgIpc) is 3.11. The van der Waals surface area contributed by atoms with Crippen LogP contribution in [0.1, 0.15) is 18.4 Å². The van der Waals surface area contributed by atoms with Gasteiger partial charge in [-0.15, -0.1) is 0 Å². The molecular weight excluding hydrogens is 202 g/mol. The molecule has 0 radical (unpaired) electrons. The topological polar surface area (TPSA) is 40.5 Å². The van der Waals surface area contributed by atoms with Crippen LogP contribution >= 0.6 is 0 Å². The molecule has 1 saturated carbocycles. The van der Waals surface area contributed by atoms with Gasteiger partial charge in [0.15, 0.2) is 0 Å². The average molecular weight is 215 g/mol. The Morgan fingerprint density at radius 2 is 2.06 bits per heavy atom. The second-order valence-electron chi connectivity index (χ2n) is 4.40. The summed E-state index contributed by atoms with van der Waals surface area (Å²) in [6.45, 7) is 0. The lowest BCUT2D eigenvalue weighted by Gasteiger charge is -2.28. The first kappa shape index (κ1) is 9.46. The van der Waals surface area contributed by atoms with Crippen molar-refractivity contribution in [2.24, 2.45) is 0 Å². The van der Waals surface area contributed by atoms with Gasteiger partial charge in [0.1, 0.15) is 0 Å². The number of para-hydroxylation sites is 1. The van der Waals surface area contributed by atoms with E-state index in [4.69, 9.17) is 5.11 Å². The fourth-order valence-electron chi connectivity index (χ4n) is 2.19. The number of carboxylic acids is 1. The first-order chi connectivity index (χ1) is 7.75. The number of hydrogen-bond donors (Lipinski definition) is 1. The minimum Gasteiger partial charge on any atom is -0.478 e. The molecule has 3 heteroatoms. The van der Waals surface area contributed by atoms with Crippen molar-refractivity contribution in [2.75, 3.05) is 4.90 Å². The van der Waals surface area contributed by atoms with Crippen LogP contribution in [0.4, 0.5) is 5.69 Å². The summed E-state index contributed by atoms with van der Waals surface area (Å²) in [5, 5.41) is 9.09. The van der Waals surface area contributed by atoms with Gasteiger partial charge in [-0.2, -0.15) is 0 Å². The monoisotopic (exact) mass is 215 g/mol. The smallest absolute Gasteiger partial charge is 0.333 e. The van der Waals surface area contributed by atoms with Crippen molar-refractivity contribution in [1.29, 1.82) is 0 Å². The Bertz CT molecular complexity index is 475. The van der Waals surface area contributed by atoms with Gasteiger partial charge in [0, 0.05) is 24.4 Å². The Hall–Kier alpha value is -1.77. The lowest BCUT2D eigenvalue weighted by molar-refractivity contribution is -0.132. The van der Waals surface area contributed by atoms with E-state index in [0.717, 1.165) is 18.4 Å². The molecule has 0 aromatic heterocycles. The third-order valence-corrected chi connectivity index (χ3v) is 3.16. The van der Waals surface area contributed by atoms with Crippen molar-refractivity contribution in [3.05, 3.63) is 41.6 Å². The standard InChI is InChI=1S/C13H13NO2/c15-13(16)10-7-9-3-1-2-4-12(9)14(8-10)11-5-6-11/h1-4,8,11H,5-7H2,(H,15,16). The van der Waals surface area contributed by atoms with Crippen LogP contribution in [-0.4, -0.2) is 17.1 Å². The first-order valence-corrected chi connectivity index (χ1v) is 5.56. The van der Waals surface area contributed by atoms with Crippen LogP contribution in [0.3, 0.4) is 0 Å². The lowest BCUT2D eigenvalue weighted by atomic mass is 9.99. The number of fused-ring (bicyclic) bond motifs is 1. The van der Waals surface area contributed by atoms with E-state index in [2.05, 4.69) is 11.0 Å². The van der Waals surface area contributed by atoms with Crippen LogP contribution in [0.2, 0.25) is 0 Å². The molecule has 3 nitrogen and oxygen atoms in total. The van der Waals surface area contributed by atoms with Gasteiger partial charge in [-0.25, -0.2) is 4.79 Å². The van der Waals surface area contributed by atoms with Gasteiger partial charge in [0.2, 0.25) is 0 Å². The molecule has 0 bridgehead atoms. The molecule has 1 heterocycles. The van der Waals surface area contributed by atoms with Crippen molar-refractivity contribution in [3.63, 3.8) is 0 Å². The largest absolute Gasteiger partial charge is 0.478 e. The summed E-state index contributed by atoms with van der Waals surface area (Å²) < 4.78 is 0. The Morgan fingerprint density at radius 3 is 2.75 bits per heavy atom. The molecule has 1 aromatic carbocycles. The van der Waals surface area contributed by atoms with Gasteiger partial charge in [-0.05, 0) is 24.5 Å². The third-order valence-electron chi connectivity index (χ3n) is 3.16.